The summed E-state index contributed by atoms with van der Waals surface area (Å²) in [4.78, 5) is 35.5. The third kappa shape index (κ3) is 2.40. The van der Waals surface area contributed by atoms with E-state index in [1.165, 1.54) is 4.90 Å². The zero-order valence-electron chi connectivity index (χ0n) is 9.60. The van der Waals surface area contributed by atoms with Crippen molar-refractivity contribution in [2.24, 2.45) is 5.92 Å². The van der Waals surface area contributed by atoms with Crippen molar-refractivity contribution < 1.29 is 19.5 Å². The fourth-order valence-electron chi connectivity index (χ4n) is 1.80. The van der Waals surface area contributed by atoms with E-state index in [1.54, 1.807) is 6.92 Å². The van der Waals surface area contributed by atoms with Crippen LogP contribution in [0.5, 0.6) is 0 Å². The Morgan fingerprint density at radius 2 is 2.06 bits per heavy atom. The van der Waals surface area contributed by atoms with E-state index in [9.17, 15) is 14.4 Å². The number of ketones is 1. The van der Waals surface area contributed by atoms with Crippen molar-refractivity contribution in [3.8, 4) is 0 Å². The summed E-state index contributed by atoms with van der Waals surface area (Å²) in [5, 5.41) is 8.90. The van der Waals surface area contributed by atoms with Gasteiger partial charge in [0.1, 0.15) is 6.04 Å². The molecule has 1 heterocycles. The summed E-state index contributed by atoms with van der Waals surface area (Å²) in [7, 11) is 0. The highest BCUT2D eigenvalue weighted by molar-refractivity contribution is 6.37. The van der Waals surface area contributed by atoms with Gasteiger partial charge in [-0.15, -0.1) is 0 Å². The predicted octanol–water partition coefficient (Wildman–Crippen LogP) is 0.677. The van der Waals surface area contributed by atoms with E-state index in [-0.39, 0.29) is 5.92 Å². The molecule has 1 saturated heterocycles. The van der Waals surface area contributed by atoms with Crippen LogP contribution < -0.4 is 0 Å². The minimum atomic E-state index is -1.03. The minimum absolute atomic E-state index is 0.331. The van der Waals surface area contributed by atoms with Gasteiger partial charge in [-0.3, -0.25) is 9.59 Å². The Bertz CT molecular complexity index is 313. The monoisotopic (exact) mass is 227 g/mol. The third-order valence-corrected chi connectivity index (χ3v) is 3.07. The maximum Gasteiger partial charge on any atom is 0.326 e. The van der Waals surface area contributed by atoms with Crippen LogP contribution in [0.15, 0.2) is 0 Å². The van der Waals surface area contributed by atoms with Crippen molar-refractivity contribution in [2.75, 3.05) is 6.54 Å². The first-order valence-corrected chi connectivity index (χ1v) is 5.56. The van der Waals surface area contributed by atoms with Crippen molar-refractivity contribution >= 4 is 17.7 Å². The zero-order chi connectivity index (χ0) is 12.3. The van der Waals surface area contributed by atoms with Crippen molar-refractivity contribution in [3.63, 3.8) is 0 Å². The van der Waals surface area contributed by atoms with Gasteiger partial charge in [0.15, 0.2) is 0 Å². The van der Waals surface area contributed by atoms with Gasteiger partial charge in [0.05, 0.1) is 0 Å². The molecular formula is C11H17NO4. The maximum absolute atomic E-state index is 11.8. The van der Waals surface area contributed by atoms with Crippen molar-refractivity contribution in [1.29, 1.82) is 0 Å². The zero-order valence-corrected chi connectivity index (χ0v) is 9.60. The van der Waals surface area contributed by atoms with Crippen molar-refractivity contribution in [2.45, 2.75) is 39.2 Å². The number of aliphatic carboxylic acids is 1. The molecule has 1 aliphatic rings. The molecule has 0 aliphatic carbocycles. The number of carbonyl (C=O) groups excluding carboxylic acids is 2. The number of nitrogens with zero attached hydrogens (tertiary/aromatic N) is 1. The molecule has 16 heavy (non-hydrogen) atoms. The first-order chi connectivity index (χ1) is 7.49. The average Bonchev–Trinajstić information content (AvgIpc) is 2.74. The highest BCUT2D eigenvalue weighted by Gasteiger charge is 2.37. The van der Waals surface area contributed by atoms with Crippen LogP contribution in [0.3, 0.4) is 0 Å². The number of rotatable bonds is 4. The second-order valence-electron chi connectivity index (χ2n) is 4.17. The summed E-state index contributed by atoms with van der Waals surface area (Å²) in [5.41, 5.74) is 0. The lowest BCUT2D eigenvalue weighted by Gasteiger charge is -2.21. The Balaban J connectivity index is 2.73. The summed E-state index contributed by atoms with van der Waals surface area (Å²) in [6, 6.07) is -0.819. The molecule has 0 saturated carbocycles. The van der Waals surface area contributed by atoms with Gasteiger partial charge in [-0.05, 0) is 19.3 Å². The van der Waals surface area contributed by atoms with E-state index >= 15 is 0 Å². The number of carboxylic acids is 1. The molecule has 1 fully saturated rings. The predicted molar refractivity (Wildman–Crippen MR) is 56.8 cm³/mol. The summed E-state index contributed by atoms with van der Waals surface area (Å²) in [5.74, 6) is -2.47. The molecule has 1 N–H and O–H groups in total. The Labute approximate surface area is 94.4 Å². The van der Waals surface area contributed by atoms with E-state index < -0.39 is 23.7 Å². The minimum Gasteiger partial charge on any atom is -0.480 e. The lowest BCUT2D eigenvalue weighted by molar-refractivity contribution is -0.153. The Hall–Kier alpha value is -1.39. The molecular weight excluding hydrogens is 210 g/mol. The summed E-state index contributed by atoms with van der Waals surface area (Å²) in [6.07, 6.45) is 1.68. The second kappa shape index (κ2) is 5.09. The smallest absolute Gasteiger partial charge is 0.326 e. The highest BCUT2D eigenvalue weighted by atomic mass is 16.4. The fraction of sp³-hybridized carbons (Fsp3) is 0.727. The number of Topliss-reactive ketones (excluding diaryl/α,β-unsaturated/α-hetero) is 1. The molecule has 0 bridgehead atoms. The normalized spacial score (nSPS) is 21.9. The van der Waals surface area contributed by atoms with E-state index in [0.29, 0.717) is 25.8 Å². The maximum atomic E-state index is 11.8. The van der Waals surface area contributed by atoms with Gasteiger partial charge in [-0.2, -0.15) is 0 Å². The molecule has 2 unspecified atom stereocenters. The molecule has 0 aromatic heterocycles. The fourth-order valence-corrected chi connectivity index (χ4v) is 1.80. The highest BCUT2D eigenvalue weighted by Crippen LogP contribution is 2.19. The number of hydrogen-bond acceptors (Lipinski definition) is 3. The lowest BCUT2D eigenvalue weighted by atomic mass is 10.0. The van der Waals surface area contributed by atoms with Gasteiger partial charge < -0.3 is 10.0 Å². The molecule has 0 aromatic carbocycles. The van der Waals surface area contributed by atoms with Gasteiger partial charge in [-0.1, -0.05) is 13.8 Å². The van der Waals surface area contributed by atoms with Crippen LogP contribution in [0.2, 0.25) is 0 Å². The van der Waals surface area contributed by atoms with Crippen LogP contribution in [0.4, 0.5) is 0 Å². The Kier molecular flexibility index (Phi) is 4.04. The molecule has 5 heteroatoms. The first-order valence-electron chi connectivity index (χ1n) is 5.56. The second-order valence-corrected chi connectivity index (χ2v) is 4.17. The molecule has 0 spiro atoms. The van der Waals surface area contributed by atoms with E-state index in [4.69, 9.17) is 5.11 Å². The van der Waals surface area contributed by atoms with Gasteiger partial charge >= 0.3 is 5.97 Å². The summed E-state index contributed by atoms with van der Waals surface area (Å²) in [6.45, 7) is 3.89. The Morgan fingerprint density at radius 1 is 1.44 bits per heavy atom. The van der Waals surface area contributed by atoms with Crippen molar-refractivity contribution in [3.05, 3.63) is 0 Å². The average molecular weight is 227 g/mol. The van der Waals surface area contributed by atoms with Gasteiger partial charge in [0, 0.05) is 12.5 Å². The first kappa shape index (κ1) is 12.7. The van der Waals surface area contributed by atoms with Crippen LogP contribution in [-0.2, 0) is 14.4 Å². The van der Waals surface area contributed by atoms with Crippen LogP contribution in [0.1, 0.15) is 33.1 Å². The van der Waals surface area contributed by atoms with Gasteiger partial charge in [0.25, 0.3) is 5.91 Å². The number of carbonyl (C=O) groups is 3. The topological polar surface area (TPSA) is 74.7 Å². The molecule has 5 nitrogen and oxygen atoms in total. The largest absolute Gasteiger partial charge is 0.480 e. The number of likely N-dealkylation sites (tertiary alicyclic amines) is 1. The van der Waals surface area contributed by atoms with Crippen LogP contribution in [-0.4, -0.2) is 40.3 Å². The lowest BCUT2D eigenvalue weighted by Crippen LogP contribution is -2.45. The number of amides is 1. The van der Waals surface area contributed by atoms with E-state index in [0.717, 1.165) is 0 Å². The quantitative estimate of drug-likeness (QED) is 0.716. The molecule has 1 rings (SSSR count). The SMILES string of the molecule is CCC(C)C(=O)C(=O)N1CCCC1C(=O)O. The summed E-state index contributed by atoms with van der Waals surface area (Å²) >= 11 is 0. The standard InChI is InChI=1S/C11H17NO4/c1-3-7(2)9(13)10(14)12-6-4-5-8(12)11(15)16/h7-8H,3-6H2,1-2H3,(H,15,16). The molecule has 0 radical (unpaired) electrons. The van der Waals surface area contributed by atoms with Crippen molar-refractivity contribution in [1.82, 2.24) is 4.90 Å². The number of carboxylic acid groups (broad SMARTS) is 1. The third-order valence-electron chi connectivity index (χ3n) is 3.07. The molecule has 1 aliphatic heterocycles. The van der Waals surface area contributed by atoms with Crippen LogP contribution >= 0.6 is 0 Å². The number of hydrogen-bond donors (Lipinski definition) is 1. The summed E-state index contributed by atoms with van der Waals surface area (Å²) < 4.78 is 0. The molecule has 1 amide bonds. The van der Waals surface area contributed by atoms with Gasteiger partial charge in [-0.25, -0.2) is 4.79 Å². The molecule has 2 atom stereocenters. The Morgan fingerprint density at radius 3 is 2.56 bits per heavy atom. The van der Waals surface area contributed by atoms with E-state index in [1.807, 2.05) is 6.92 Å². The van der Waals surface area contributed by atoms with Gasteiger partial charge in [0.2, 0.25) is 5.78 Å². The van der Waals surface area contributed by atoms with Crippen LogP contribution in [0.25, 0.3) is 0 Å². The van der Waals surface area contributed by atoms with E-state index in [2.05, 4.69) is 0 Å². The molecule has 90 valence electrons. The van der Waals surface area contributed by atoms with Crippen LogP contribution in [0, 0.1) is 5.92 Å². The molecule has 0 aromatic rings.